The van der Waals surface area contributed by atoms with Gasteiger partial charge in [0, 0.05) is 0 Å². The molecule has 0 aromatic rings. The molecule has 8 atom stereocenters. The van der Waals surface area contributed by atoms with Crippen molar-refractivity contribution in [1.29, 1.82) is 0 Å². The molecule has 4 aliphatic carbocycles. The van der Waals surface area contributed by atoms with Crippen LogP contribution in [0.3, 0.4) is 0 Å². The molecule has 3 unspecified atom stereocenters. The average molecular weight is 345 g/mol. The van der Waals surface area contributed by atoms with Gasteiger partial charge in [-0.05, 0) is 112 Å². The molecule has 0 amide bonds. The summed E-state index contributed by atoms with van der Waals surface area (Å²) < 4.78 is 0. The molecule has 0 nitrogen and oxygen atoms in total. The molecule has 144 valence electrons. The van der Waals surface area contributed by atoms with Crippen LogP contribution in [0.5, 0.6) is 0 Å². The Bertz CT molecular complexity index is 474. The Balaban J connectivity index is 0.000000880. The molecule has 0 aliphatic heterocycles. The van der Waals surface area contributed by atoms with Crippen LogP contribution in [-0.2, 0) is 0 Å². The lowest BCUT2D eigenvalue weighted by atomic mass is 9.49. The van der Waals surface area contributed by atoms with Crippen molar-refractivity contribution in [2.45, 2.75) is 99.3 Å². The monoisotopic (exact) mass is 344 g/mol. The van der Waals surface area contributed by atoms with Crippen molar-refractivity contribution in [1.82, 2.24) is 0 Å². The van der Waals surface area contributed by atoms with Crippen LogP contribution in [0.2, 0.25) is 0 Å². The molecule has 4 rings (SSSR count). The van der Waals surface area contributed by atoms with E-state index >= 15 is 0 Å². The molecule has 0 aromatic carbocycles. The van der Waals surface area contributed by atoms with Gasteiger partial charge < -0.3 is 0 Å². The van der Waals surface area contributed by atoms with Crippen LogP contribution in [0.4, 0.5) is 0 Å². The zero-order valence-corrected chi connectivity index (χ0v) is 18.0. The summed E-state index contributed by atoms with van der Waals surface area (Å²) in [5, 5.41) is 0. The minimum Gasteiger partial charge on any atom is -0.0884 e. The van der Waals surface area contributed by atoms with Crippen LogP contribution in [-0.4, -0.2) is 0 Å². The van der Waals surface area contributed by atoms with Crippen molar-refractivity contribution in [3.05, 3.63) is 11.6 Å². The van der Waals surface area contributed by atoms with Crippen LogP contribution in [0.1, 0.15) is 99.3 Å². The Morgan fingerprint density at radius 3 is 2.32 bits per heavy atom. The number of rotatable bonds is 1. The van der Waals surface area contributed by atoms with Gasteiger partial charge in [0.05, 0.1) is 0 Å². The second-order valence-corrected chi connectivity index (χ2v) is 10.1. The van der Waals surface area contributed by atoms with E-state index in [2.05, 4.69) is 33.8 Å². The molecule has 0 heterocycles. The molecule has 4 aliphatic rings. The summed E-state index contributed by atoms with van der Waals surface area (Å²) in [5.41, 5.74) is 2.32. The topological polar surface area (TPSA) is 0 Å². The second kappa shape index (κ2) is 7.77. The highest BCUT2D eigenvalue weighted by atomic mass is 14.6. The summed E-state index contributed by atoms with van der Waals surface area (Å²) in [6, 6.07) is 0. The smallest absolute Gasteiger partial charge is 0.0149 e. The van der Waals surface area contributed by atoms with E-state index in [1.807, 2.05) is 13.8 Å². The Labute approximate surface area is 158 Å². The lowest BCUT2D eigenvalue weighted by Crippen LogP contribution is -2.48. The molecule has 0 spiro atoms. The molecule has 4 fully saturated rings. The van der Waals surface area contributed by atoms with Gasteiger partial charge in [0.1, 0.15) is 0 Å². The van der Waals surface area contributed by atoms with E-state index in [1.165, 1.54) is 25.7 Å². The lowest BCUT2D eigenvalue weighted by Gasteiger charge is -2.56. The first-order valence-corrected chi connectivity index (χ1v) is 11.7. The molecular formula is C25H44. The number of allylic oxidation sites excluding steroid dienone is 2. The summed E-state index contributed by atoms with van der Waals surface area (Å²) in [6.45, 7) is 13.8. The van der Waals surface area contributed by atoms with Crippen LogP contribution in [0.15, 0.2) is 11.6 Å². The predicted molar refractivity (Wildman–Crippen MR) is 111 cm³/mol. The summed E-state index contributed by atoms with van der Waals surface area (Å²) >= 11 is 0. The summed E-state index contributed by atoms with van der Waals surface area (Å²) in [4.78, 5) is 0. The van der Waals surface area contributed by atoms with Gasteiger partial charge in [-0.1, -0.05) is 45.8 Å². The van der Waals surface area contributed by atoms with Crippen molar-refractivity contribution in [2.75, 3.05) is 0 Å². The van der Waals surface area contributed by atoms with Gasteiger partial charge in [-0.25, -0.2) is 0 Å². The zero-order chi connectivity index (χ0) is 18.2. The molecule has 0 radical (unpaired) electrons. The Morgan fingerprint density at radius 2 is 1.60 bits per heavy atom. The lowest BCUT2D eigenvalue weighted by molar-refractivity contribution is -0.0633. The molecule has 25 heavy (non-hydrogen) atoms. The highest BCUT2D eigenvalue weighted by Crippen LogP contribution is 2.65. The van der Waals surface area contributed by atoms with Crippen molar-refractivity contribution in [2.24, 2.45) is 46.8 Å². The standard InChI is InChI=1S/C23H38.C2H6/c1-5-16(3)21-10-11-22-20-9-7-17-14-15(2)6-8-18(17)19(20)12-13-23(21,22)4;1-2/h5,15,17-22H,6-14H2,1-4H3;1-2H3/b16-5+;/t15-,17?,18-,19+,20?,21?,22-,23+;/m0./s1. The number of fused-ring (bicyclic) bond motifs is 5. The minimum absolute atomic E-state index is 0.632. The molecule has 0 heteroatoms. The van der Waals surface area contributed by atoms with Gasteiger partial charge in [0.25, 0.3) is 0 Å². The molecule has 4 saturated carbocycles. The van der Waals surface area contributed by atoms with Gasteiger partial charge in [0.2, 0.25) is 0 Å². The highest BCUT2D eigenvalue weighted by Gasteiger charge is 2.56. The van der Waals surface area contributed by atoms with Crippen LogP contribution < -0.4 is 0 Å². The first-order chi connectivity index (χ1) is 12.0. The summed E-state index contributed by atoms with van der Waals surface area (Å²) in [5.74, 6) is 7.33. The van der Waals surface area contributed by atoms with E-state index in [4.69, 9.17) is 0 Å². The highest BCUT2D eigenvalue weighted by molar-refractivity contribution is 5.15. The van der Waals surface area contributed by atoms with Crippen molar-refractivity contribution in [3.8, 4) is 0 Å². The normalized spacial score (nSPS) is 49.4. The SMILES string of the molecule is C/C=C(\C)C1CC[C@H]2C3CCC4C[C@@H](C)CC[C@@H]4[C@H]3CC[C@]12C.CC. The second-order valence-electron chi connectivity index (χ2n) is 10.1. The van der Waals surface area contributed by atoms with Crippen molar-refractivity contribution < 1.29 is 0 Å². The largest absolute Gasteiger partial charge is 0.0884 e. The molecule has 0 bridgehead atoms. The molecular weight excluding hydrogens is 300 g/mol. The van der Waals surface area contributed by atoms with E-state index in [0.717, 1.165) is 41.4 Å². The number of hydrogen-bond donors (Lipinski definition) is 0. The van der Waals surface area contributed by atoms with Gasteiger partial charge in [-0.2, -0.15) is 0 Å². The Hall–Kier alpha value is -0.260. The maximum Gasteiger partial charge on any atom is -0.0149 e. The predicted octanol–water partition coefficient (Wildman–Crippen LogP) is 7.88. The van der Waals surface area contributed by atoms with Gasteiger partial charge in [0.15, 0.2) is 0 Å². The molecule has 0 aromatic heterocycles. The molecule has 0 N–H and O–H groups in total. The van der Waals surface area contributed by atoms with Crippen LogP contribution in [0, 0.1) is 46.8 Å². The fourth-order valence-electron chi connectivity index (χ4n) is 8.04. The first kappa shape index (κ1) is 19.5. The van der Waals surface area contributed by atoms with Gasteiger partial charge in [-0.15, -0.1) is 0 Å². The van der Waals surface area contributed by atoms with E-state index in [9.17, 15) is 0 Å². The van der Waals surface area contributed by atoms with Crippen LogP contribution in [0.25, 0.3) is 0 Å². The maximum atomic E-state index is 2.67. The quantitative estimate of drug-likeness (QED) is 0.424. The van der Waals surface area contributed by atoms with Gasteiger partial charge >= 0.3 is 0 Å². The third kappa shape index (κ3) is 3.25. The maximum absolute atomic E-state index is 2.67. The van der Waals surface area contributed by atoms with Crippen molar-refractivity contribution in [3.63, 3.8) is 0 Å². The third-order valence-corrected chi connectivity index (χ3v) is 9.22. The molecule has 0 saturated heterocycles. The van der Waals surface area contributed by atoms with E-state index in [0.29, 0.717) is 5.41 Å². The fraction of sp³-hybridized carbons (Fsp3) is 0.920. The fourth-order valence-corrected chi connectivity index (χ4v) is 8.04. The van der Waals surface area contributed by atoms with Crippen LogP contribution >= 0.6 is 0 Å². The Morgan fingerprint density at radius 1 is 0.880 bits per heavy atom. The van der Waals surface area contributed by atoms with E-state index in [-0.39, 0.29) is 0 Å². The van der Waals surface area contributed by atoms with Crippen molar-refractivity contribution >= 4 is 0 Å². The minimum atomic E-state index is 0.632. The average Bonchev–Trinajstić information content (AvgIpc) is 2.99. The third-order valence-electron chi connectivity index (χ3n) is 9.22. The zero-order valence-electron chi connectivity index (χ0n) is 18.0. The summed E-state index contributed by atoms with van der Waals surface area (Å²) in [6.07, 6.45) is 16.3. The van der Waals surface area contributed by atoms with E-state index < -0.39 is 0 Å². The van der Waals surface area contributed by atoms with Gasteiger partial charge in [-0.3, -0.25) is 0 Å². The number of hydrogen-bond acceptors (Lipinski definition) is 0. The Kier molecular flexibility index (Phi) is 6.06. The summed E-state index contributed by atoms with van der Waals surface area (Å²) in [7, 11) is 0. The van der Waals surface area contributed by atoms with E-state index in [1.54, 1.807) is 37.7 Å². The first-order valence-electron chi connectivity index (χ1n) is 11.7.